The van der Waals surface area contributed by atoms with E-state index in [1.807, 2.05) is 27.7 Å². The number of carbonyl (C=O) groups excluding carboxylic acids is 2. The number of hydrogen-bond acceptors (Lipinski definition) is 2. The summed E-state index contributed by atoms with van der Waals surface area (Å²) in [4.78, 5) is 25.9. The first-order chi connectivity index (χ1) is 8.67. The highest BCUT2D eigenvalue weighted by molar-refractivity contribution is 6.30. The van der Waals surface area contributed by atoms with E-state index in [1.54, 1.807) is 24.3 Å². The van der Waals surface area contributed by atoms with Crippen LogP contribution in [0.1, 0.15) is 27.7 Å². The molecule has 19 heavy (non-hydrogen) atoms. The lowest BCUT2D eigenvalue weighted by Crippen LogP contribution is -2.69. The van der Waals surface area contributed by atoms with Gasteiger partial charge in [-0.05, 0) is 52.0 Å². The van der Waals surface area contributed by atoms with E-state index >= 15 is 0 Å². The van der Waals surface area contributed by atoms with Crippen LogP contribution >= 0.6 is 11.6 Å². The van der Waals surface area contributed by atoms with E-state index in [0.717, 1.165) is 0 Å². The predicted octanol–water partition coefficient (Wildman–Crippen LogP) is 3.20. The number of nitrogens with zero attached hydrogens (tertiary/aromatic N) is 1. The largest absolute Gasteiger partial charge is 0.331 e. The number of amides is 3. The molecule has 1 fully saturated rings. The molecule has 5 heteroatoms. The summed E-state index contributed by atoms with van der Waals surface area (Å²) >= 11 is 5.82. The van der Waals surface area contributed by atoms with Gasteiger partial charge in [-0.3, -0.25) is 4.79 Å². The molecule has 0 spiro atoms. The minimum Gasteiger partial charge on any atom is -0.331 e. The SMILES string of the molecule is CC1(C)NC(=O)N(c2ccc(Cl)cc2)C(=O)C1(C)C. The molecule has 0 saturated carbocycles. The summed E-state index contributed by atoms with van der Waals surface area (Å²) in [7, 11) is 0. The van der Waals surface area contributed by atoms with Crippen molar-refractivity contribution in [3.8, 4) is 0 Å². The van der Waals surface area contributed by atoms with Crippen LogP contribution in [0.25, 0.3) is 0 Å². The van der Waals surface area contributed by atoms with Crippen molar-refractivity contribution < 1.29 is 9.59 Å². The minimum absolute atomic E-state index is 0.219. The summed E-state index contributed by atoms with van der Waals surface area (Å²) in [6.07, 6.45) is 0. The summed E-state index contributed by atoms with van der Waals surface area (Å²) < 4.78 is 0. The number of rotatable bonds is 1. The van der Waals surface area contributed by atoms with Crippen LogP contribution in [0.15, 0.2) is 24.3 Å². The average Bonchev–Trinajstić information content (AvgIpc) is 2.29. The molecular formula is C14H17ClN2O2. The van der Waals surface area contributed by atoms with Gasteiger partial charge in [0, 0.05) is 5.02 Å². The van der Waals surface area contributed by atoms with Gasteiger partial charge < -0.3 is 5.32 Å². The standard InChI is InChI=1S/C14H17ClN2O2/c1-13(2)11(18)17(12(19)16-14(13,3)4)10-7-5-9(15)6-8-10/h5-8H,1-4H3,(H,16,19). The lowest BCUT2D eigenvalue weighted by atomic mass is 9.72. The Morgan fingerprint density at radius 1 is 1.05 bits per heavy atom. The number of imide groups is 1. The molecule has 102 valence electrons. The fourth-order valence-electron chi connectivity index (χ4n) is 1.94. The van der Waals surface area contributed by atoms with Crippen LogP contribution in [-0.4, -0.2) is 17.5 Å². The van der Waals surface area contributed by atoms with Gasteiger partial charge in [0.05, 0.1) is 16.6 Å². The third-order valence-electron chi connectivity index (χ3n) is 4.01. The van der Waals surface area contributed by atoms with Gasteiger partial charge in [0.1, 0.15) is 0 Å². The zero-order chi connectivity index (χ0) is 14.4. The van der Waals surface area contributed by atoms with E-state index in [2.05, 4.69) is 5.32 Å². The van der Waals surface area contributed by atoms with E-state index in [0.29, 0.717) is 10.7 Å². The quantitative estimate of drug-likeness (QED) is 0.859. The van der Waals surface area contributed by atoms with Gasteiger partial charge in [-0.25, -0.2) is 9.69 Å². The molecule has 4 nitrogen and oxygen atoms in total. The van der Waals surface area contributed by atoms with Crippen LogP contribution in [-0.2, 0) is 4.79 Å². The molecule has 0 radical (unpaired) electrons. The van der Waals surface area contributed by atoms with Crippen molar-refractivity contribution >= 4 is 29.2 Å². The Morgan fingerprint density at radius 3 is 2.11 bits per heavy atom. The van der Waals surface area contributed by atoms with Crippen molar-refractivity contribution in [2.24, 2.45) is 5.41 Å². The average molecular weight is 281 g/mol. The Kier molecular flexibility index (Phi) is 3.09. The fourth-order valence-corrected chi connectivity index (χ4v) is 2.07. The van der Waals surface area contributed by atoms with Crippen molar-refractivity contribution in [2.75, 3.05) is 4.90 Å². The second-order valence-electron chi connectivity index (χ2n) is 5.80. The zero-order valence-electron chi connectivity index (χ0n) is 11.5. The smallest absolute Gasteiger partial charge is 0.329 e. The molecule has 1 aromatic carbocycles. The van der Waals surface area contributed by atoms with E-state index < -0.39 is 17.0 Å². The first-order valence-corrected chi connectivity index (χ1v) is 6.47. The van der Waals surface area contributed by atoms with Gasteiger partial charge in [-0.15, -0.1) is 0 Å². The number of urea groups is 1. The second kappa shape index (κ2) is 4.23. The van der Waals surface area contributed by atoms with Gasteiger partial charge in [0.25, 0.3) is 0 Å². The van der Waals surface area contributed by atoms with Crippen LogP contribution in [0.3, 0.4) is 0 Å². The van der Waals surface area contributed by atoms with Crippen molar-refractivity contribution in [2.45, 2.75) is 33.2 Å². The third kappa shape index (κ3) is 2.10. The van der Waals surface area contributed by atoms with Gasteiger partial charge in [-0.2, -0.15) is 0 Å². The molecule has 1 heterocycles. The van der Waals surface area contributed by atoms with E-state index in [1.165, 1.54) is 4.90 Å². The first-order valence-electron chi connectivity index (χ1n) is 6.09. The Bertz CT molecular complexity index is 535. The molecule has 1 aromatic rings. The Morgan fingerprint density at radius 2 is 1.58 bits per heavy atom. The number of carbonyl (C=O) groups is 2. The third-order valence-corrected chi connectivity index (χ3v) is 4.26. The van der Waals surface area contributed by atoms with Crippen molar-refractivity contribution in [1.29, 1.82) is 0 Å². The first kappa shape index (κ1) is 13.9. The van der Waals surface area contributed by atoms with Crippen LogP contribution in [0.2, 0.25) is 5.02 Å². The maximum Gasteiger partial charge on any atom is 0.329 e. The van der Waals surface area contributed by atoms with Crippen LogP contribution < -0.4 is 10.2 Å². The summed E-state index contributed by atoms with van der Waals surface area (Å²) in [5.74, 6) is -0.219. The minimum atomic E-state index is -0.694. The topological polar surface area (TPSA) is 49.4 Å². The predicted molar refractivity (Wildman–Crippen MR) is 75.3 cm³/mol. The molecule has 1 N–H and O–H groups in total. The van der Waals surface area contributed by atoms with Crippen LogP contribution in [0, 0.1) is 5.41 Å². The molecule has 0 bridgehead atoms. The molecule has 1 saturated heterocycles. The molecule has 2 rings (SSSR count). The number of hydrogen-bond donors (Lipinski definition) is 1. The van der Waals surface area contributed by atoms with Gasteiger partial charge in [0.2, 0.25) is 5.91 Å². The monoisotopic (exact) mass is 280 g/mol. The van der Waals surface area contributed by atoms with Gasteiger partial charge in [0.15, 0.2) is 0 Å². The Labute approximate surface area is 117 Å². The number of nitrogens with one attached hydrogen (secondary N) is 1. The molecule has 0 aromatic heterocycles. The number of benzene rings is 1. The molecule has 1 aliphatic heterocycles. The number of halogens is 1. The maximum absolute atomic E-state index is 12.6. The van der Waals surface area contributed by atoms with Crippen molar-refractivity contribution in [3.63, 3.8) is 0 Å². The highest BCUT2D eigenvalue weighted by atomic mass is 35.5. The summed E-state index contributed by atoms with van der Waals surface area (Å²) in [5, 5.41) is 3.44. The normalized spacial score (nSPS) is 21.2. The van der Waals surface area contributed by atoms with E-state index in [4.69, 9.17) is 11.6 Å². The Hall–Kier alpha value is -1.55. The lowest BCUT2D eigenvalue weighted by Gasteiger charge is -2.48. The number of anilines is 1. The molecular weight excluding hydrogens is 264 g/mol. The van der Waals surface area contributed by atoms with Gasteiger partial charge >= 0.3 is 6.03 Å². The lowest BCUT2D eigenvalue weighted by molar-refractivity contribution is -0.130. The molecule has 0 unspecified atom stereocenters. The highest BCUT2D eigenvalue weighted by Crippen LogP contribution is 2.38. The molecule has 0 atom stereocenters. The van der Waals surface area contributed by atoms with E-state index in [-0.39, 0.29) is 5.91 Å². The molecule has 1 aliphatic rings. The van der Waals surface area contributed by atoms with E-state index in [9.17, 15) is 9.59 Å². The zero-order valence-corrected chi connectivity index (χ0v) is 12.2. The van der Waals surface area contributed by atoms with Gasteiger partial charge in [-0.1, -0.05) is 11.6 Å². The molecule has 3 amide bonds. The van der Waals surface area contributed by atoms with Crippen LogP contribution in [0.4, 0.5) is 10.5 Å². The second-order valence-corrected chi connectivity index (χ2v) is 6.23. The summed E-state index contributed by atoms with van der Waals surface area (Å²) in [6.45, 7) is 7.36. The summed E-state index contributed by atoms with van der Waals surface area (Å²) in [6, 6.07) is 6.23. The van der Waals surface area contributed by atoms with Crippen LogP contribution in [0.5, 0.6) is 0 Å². The van der Waals surface area contributed by atoms with Crippen molar-refractivity contribution in [1.82, 2.24) is 5.32 Å². The fraction of sp³-hybridized carbons (Fsp3) is 0.429. The maximum atomic E-state index is 12.6. The summed E-state index contributed by atoms with van der Waals surface area (Å²) in [5.41, 5.74) is -0.763. The highest BCUT2D eigenvalue weighted by Gasteiger charge is 2.52. The van der Waals surface area contributed by atoms with Crippen molar-refractivity contribution in [3.05, 3.63) is 29.3 Å². The Balaban J connectivity index is 2.45. The molecule has 0 aliphatic carbocycles.